The average Bonchev–Trinajstić information content (AvgIpc) is 2.74. The Hall–Kier alpha value is -2.09. The van der Waals surface area contributed by atoms with Crippen molar-refractivity contribution < 1.29 is 13.2 Å². The first kappa shape index (κ1) is 15.3. The summed E-state index contributed by atoms with van der Waals surface area (Å²) < 4.78 is 32.4. The van der Waals surface area contributed by atoms with Crippen LogP contribution in [0.25, 0.3) is 0 Å². The van der Waals surface area contributed by atoms with Crippen LogP contribution in [-0.2, 0) is 10.0 Å². The lowest BCUT2D eigenvalue weighted by atomic mass is 10.1. The van der Waals surface area contributed by atoms with Gasteiger partial charge in [-0.3, -0.25) is 0 Å². The molecule has 0 fully saturated rings. The van der Waals surface area contributed by atoms with Crippen LogP contribution in [-0.4, -0.2) is 30.2 Å². The van der Waals surface area contributed by atoms with Crippen LogP contribution in [0.4, 0.5) is 5.95 Å². The van der Waals surface area contributed by atoms with Gasteiger partial charge in [0.05, 0.1) is 11.5 Å². The molecule has 1 aromatic heterocycles. The highest BCUT2D eigenvalue weighted by molar-refractivity contribution is 7.92. The van der Waals surface area contributed by atoms with Crippen LogP contribution < -0.4 is 9.46 Å². The molecule has 1 heterocycles. The number of benzene rings is 1. The number of rotatable bonds is 5. The first-order chi connectivity index (χ1) is 9.83. The lowest BCUT2D eigenvalue weighted by molar-refractivity contribution is 0.314. The molecule has 1 aromatic carbocycles. The number of aromatic amines is 1. The summed E-state index contributed by atoms with van der Waals surface area (Å²) in [5, 5.41) is 6.25. The van der Waals surface area contributed by atoms with Gasteiger partial charge in [-0.15, -0.1) is 5.10 Å². The van der Waals surface area contributed by atoms with E-state index in [-0.39, 0.29) is 16.9 Å². The minimum absolute atomic E-state index is 0.0258. The van der Waals surface area contributed by atoms with Crippen molar-refractivity contribution in [3.8, 4) is 6.01 Å². The summed E-state index contributed by atoms with van der Waals surface area (Å²) in [4.78, 5) is 4.16. The summed E-state index contributed by atoms with van der Waals surface area (Å²) in [5.74, 6) is 0.0258. The molecule has 2 aromatic rings. The van der Waals surface area contributed by atoms with E-state index in [1.807, 2.05) is 19.1 Å². The molecular formula is C13H18N4O3S. The van der Waals surface area contributed by atoms with Gasteiger partial charge >= 0.3 is 6.01 Å². The molecule has 0 amide bonds. The third-order valence-corrected chi connectivity index (χ3v) is 4.49. The Morgan fingerprint density at radius 2 is 1.86 bits per heavy atom. The average molecular weight is 310 g/mol. The number of nitrogens with one attached hydrogen (secondary N) is 2. The van der Waals surface area contributed by atoms with Crippen LogP contribution in [0.2, 0.25) is 0 Å². The van der Waals surface area contributed by atoms with E-state index in [1.165, 1.54) is 0 Å². The summed E-state index contributed by atoms with van der Waals surface area (Å²) in [6, 6.07) is 3.76. The third-order valence-electron chi connectivity index (χ3n) is 2.84. The second-order valence-electron chi connectivity index (χ2n) is 4.73. The highest BCUT2D eigenvalue weighted by Gasteiger charge is 2.21. The van der Waals surface area contributed by atoms with E-state index in [9.17, 15) is 8.42 Å². The SMILES string of the molecule is CCOc1n[nH]c(NS(=O)(=O)c2c(C)cc(C)cc2C)n1. The Balaban J connectivity index is 2.34. The van der Waals surface area contributed by atoms with Crippen molar-refractivity contribution in [1.82, 2.24) is 15.2 Å². The number of nitrogens with zero attached hydrogens (tertiary/aromatic N) is 2. The maximum Gasteiger partial charge on any atom is 0.337 e. The molecule has 0 saturated carbocycles. The Morgan fingerprint density at radius 3 is 2.43 bits per heavy atom. The zero-order chi connectivity index (χ0) is 15.6. The quantitative estimate of drug-likeness (QED) is 0.879. The number of anilines is 1. The number of aryl methyl sites for hydroxylation is 3. The van der Waals surface area contributed by atoms with Crippen LogP contribution in [0.5, 0.6) is 6.01 Å². The van der Waals surface area contributed by atoms with E-state index in [0.29, 0.717) is 17.7 Å². The number of ether oxygens (including phenoxy) is 1. The van der Waals surface area contributed by atoms with Gasteiger partial charge in [-0.2, -0.15) is 4.98 Å². The van der Waals surface area contributed by atoms with Crippen molar-refractivity contribution in [3.05, 3.63) is 28.8 Å². The summed E-state index contributed by atoms with van der Waals surface area (Å²) in [6.07, 6.45) is 0. The minimum Gasteiger partial charge on any atom is -0.463 e. The van der Waals surface area contributed by atoms with Gasteiger partial charge in [-0.1, -0.05) is 17.7 Å². The molecule has 8 heteroatoms. The Bertz CT molecular complexity index is 730. The molecule has 0 aliphatic rings. The van der Waals surface area contributed by atoms with Gasteiger partial charge in [0.15, 0.2) is 0 Å². The second-order valence-corrected chi connectivity index (χ2v) is 6.35. The van der Waals surface area contributed by atoms with Crippen LogP contribution in [0.15, 0.2) is 17.0 Å². The molecule has 0 aliphatic carbocycles. The predicted molar refractivity (Wildman–Crippen MR) is 79.0 cm³/mol. The van der Waals surface area contributed by atoms with Crippen LogP contribution in [0.3, 0.4) is 0 Å². The molecule has 0 saturated heterocycles. The molecule has 2 rings (SSSR count). The highest BCUT2D eigenvalue weighted by Crippen LogP contribution is 2.23. The van der Waals surface area contributed by atoms with Crippen LogP contribution >= 0.6 is 0 Å². The van der Waals surface area contributed by atoms with E-state index in [4.69, 9.17) is 4.74 Å². The van der Waals surface area contributed by atoms with Crippen molar-refractivity contribution in [1.29, 1.82) is 0 Å². The van der Waals surface area contributed by atoms with Crippen molar-refractivity contribution in [2.45, 2.75) is 32.6 Å². The molecular weight excluding hydrogens is 292 g/mol. The first-order valence-corrected chi connectivity index (χ1v) is 7.97. The number of aromatic nitrogens is 3. The van der Waals surface area contributed by atoms with E-state index in [0.717, 1.165) is 5.56 Å². The fourth-order valence-corrected chi connectivity index (χ4v) is 3.67. The van der Waals surface area contributed by atoms with Gasteiger partial charge in [0.2, 0.25) is 5.95 Å². The topological polar surface area (TPSA) is 97.0 Å². The molecule has 0 unspecified atom stereocenters. The van der Waals surface area contributed by atoms with Crippen molar-refractivity contribution >= 4 is 16.0 Å². The fraction of sp³-hybridized carbons (Fsp3) is 0.385. The lowest BCUT2D eigenvalue weighted by Gasteiger charge is -2.12. The molecule has 0 bridgehead atoms. The smallest absolute Gasteiger partial charge is 0.337 e. The Morgan fingerprint density at radius 1 is 1.24 bits per heavy atom. The number of H-pyrrole nitrogens is 1. The first-order valence-electron chi connectivity index (χ1n) is 6.49. The molecule has 2 N–H and O–H groups in total. The molecule has 0 radical (unpaired) electrons. The molecule has 114 valence electrons. The Kier molecular flexibility index (Phi) is 4.17. The van der Waals surface area contributed by atoms with Crippen molar-refractivity contribution in [2.24, 2.45) is 0 Å². The maximum absolute atomic E-state index is 12.5. The van der Waals surface area contributed by atoms with Crippen molar-refractivity contribution in [2.75, 3.05) is 11.3 Å². The summed E-state index contributed by atoms with van der Waals surface area (Å²) in [5.41, 5.74) is 2.39. The van der Waals surface area contributed by atoms with E-state index >= 15 is 0 Å². The minimum atomic E-state index is -3.73. The van der Waals surface area contributed by atoms with Gasteiger partial charge < -0.3 is 4.74 Å². The number of hydrogen-bond acceptors (Lipinski definition) is 5. The van der Waals surface area contributed by atoms with Gasteiger partial charge in [0, 0.05) is 0 Å². The molecule has 21 heavy (non-hydrogen) atoms. The molecule has 0 spiro atoms. The van der Waals surface area contributed by atoms with E-state index in [1.54, 1.807) is 20.8 Å². The fourth-order valence-electron chi connectivity index (χ4n) is 2.25. The van der Waals surface area contributed by atoms with E-state index in [2.05, 4.69) is 19.9 Å². The normalized spacial score (nSPS) is 11.4. The predicted octanol–water partition coefficient (Wildman–Crippen LogP) is 1.93. The summed E-state index contributed by atoms with van der Waals surface area (Å²) in [7, 11) is -3.73. The molecule has 7 nitrogen and oxygen atoms in total. The number of sulfonamides is 1. The zero-order valence-corrected chi connectivity index (χ0v) is 13.2. The molecule has 0 aliphatic heterocycles. The van der Waals surface area contributed by atoms with Crippen LogP contribution in [0.1, 0.15) is 23.6 Å². The second kappa shape index (κ2) is 5.72. The van der Waals surface area contributed by atoms with Gasteiger partial charge in [0.1, 0.15) is 0 Å². The van der Waals surface area contributed by atoms with Crippen molar-refractivity contribution in [3.63, 3.8) is 0 Å². The highest BCUT2D eigenvalue weighted by atomic mass is 32.2. The molecule has 0 atom stereocenters. The van der Waals surface area contributed by atoms with Gasteiger partial charge in [-0.25, -0.2) is 18.2 Å². The van der Waals surface area contributed by atoms with E-state index < -0.39 is 10.0 Å². The zero-order valence-electron chi connectivity index (χ0n) is 12.4. The Labute approximate surface area is 123 Å². The number of hydrogen-bond donors (Lipinski definition) is 2. The van der Waals surface area contributed by atoms with Crippen LogP contribution in [0, 0.1) is 20.8 Å². The van der Waals surface area contributed by atoms with Gasteiger partial charge in [-0.05, 0) is 38.8 Å². The van der Waals surface area contributed by atoms with Gasteiger partial charge in [0.25, 0.3) is 10.0 Å². The lowest BCUT2D eigenvalue weighted by Crippen LogP contribution is -2.16. The maximum atomic E-state index is 12.5. The largest absolute Gasteiger partial charge is 0.463 e. The summed E-state index contributed by atoms with van der Waals surface area (Å²) in [6.45, 7) is 7.65. The monoisotopic (exact) mass is 310 g/mol. The summed E-state index contributed by atoms with van der Waals surface area (Å²) >= 11 is 0. The standard InChI is InChI=1S/C13H18N4O3S/c1-5-20-13-14-12(15-16-13)17-21(18,19)11-9(3)6-8(2)7-10(11)4/h6-7H,5H2,1-4H3,(H2,14,15,16,17). The third kappa shape index (κ3) is 3.33.